The number of anilines is 1. The molecule has 3 aromatic rings. The number of hydrogen-bond donors (Lipinski definition) is 0. The lowest BCUT2D eigenvalue weighted by Gasteiger charge is -2.41. The molecular weight excluding hydrogens is 636 g/mol. The number of rotatable bonds is 9. The van der Waals surface area contributed by atoms with Gasteiger partial charge in [0.2, 0.25) is 5.91 Å². The highest BCUT2D eigenvalue weighted by molar-refractivity contribution is 5.99. The van der Waals surface area contributed by atoms with Crippen LogP contribution in [0.2, 0.25) is 0 Å². The summed E-state index contributed by atoms with van der Waals surface area (Å²) in [5.74, 6) is 2.51. The van der Waals surface area contributed by atoms with Crippen molar-refractivity contribution in [2.24, 2.45) is 5.92 Å². The molecule has 10 nitrogen and oxygen atoms in total. The predicted molar refractivity (Wildman–Crippen MR) is 189 cm³/mol. The molecule has 0 N–H and O–H groups in total. The summed E-state index contributed by atoms with van der Waals surface area (Å²) in [5.41, 5.74) is 3.63. The number of methoxy groups -OCH3 is 6. The summed E-state index contributed by atoms with van der Waals surface area (Å²) >= 11 is 0. The van der Waals surface area contributed by atoms with E-state index in [1.807, 2.05) is 71.7 Å². The molecule has 4 atom stereocenters. The molecule has 10 heteroatoms. The fourth-order valence-corrected chi connectivity index (χ4v) is 8.57. The number of fused-ring (bicyclic) bond motifs is 1. The van der Waals surface area contributed by atoms with Gasteiger partial charge in [0.15, 0.2) is 23.0 Å². The van der Waals surface area contributed by atoms with E-state index in [0.717, 1.165) is 33.7 Å². The molecule has 3 aromatic carbocycles. The average molecular weight is 681 g/mol. The number of amides is 1. The first kappa shape index (κ1) is 33.4. The Kier molecular flexibility index (Phi) is 8.88. The van der Waals surface area contributed by atoms with Crippen molar-refractivity contribution in [3.05, 3.63) is 94.8 Å². The molecule has 1 spiro atoms. The van der Waals surface area contributed by atoms with E-state index in [2.05, 4.69) is 4.90 Å². The lowest BCUT2D eigenvalue weighted by molar-refractivity contribution is -0.137. The number of piperazine rings is 1. The zero-order valence-electron chi connectivity index (χ0n) is 29.5. The topological polar surface area (TPSA) is 96.0 Å². The predicted octanol–water partition coefficient (Wildman–Crippen LogP) is 5.62. The highest BCUT2D eigenvalue weighted by Crippen LogP contribution is 2.63. The van der Waals surface area contributed by atoms with Gasteiger partial charge >= 0.3 is 0 Å². The van der Waals surface area contributed by atoms with Gasteiger partial charge in [0.25, 0.3) is 0 Å². The van der Waals surface area contributed by atoms with Crippen LogP contribution in [-0.4, -0.2) is 85.4 Å². The van der Waals surface area contributed by atoms with Crippen molar-refractivity contribution < 1.29 is 38.0 Å². The minimum atomic E-state index is -1.02. The van der Waals surface area contributed by atoms with Gasteiger partial charge < -0.3 is 38.2 Å². The summed E-state index contributed by atoms with van der Waals surface area (Å²) in [6.45, 7) is 2.51. The second-order valence-electron chi connectivity index (χ2n) is 13.2. The van der Waals surface area contributed by atoms with E-state index in [1.165, 1.54) is 0 Å². The van der Waals surface area contributed by atoms with Crippen molar-refractivity contribution in [1.29, 1.82) is 0 Å². The van der Waals surface area contributed by atoms with E-state index < -0.39 is 11.3 Å². The first-order valence-corrected chi connectivity index (χ1v) is 17.0. The summed E-state index contributed by atoms with van der Waals surface area (Å²) in [4.78, 5) is 34.0. The number of ketones is 1. The fraction of sp³-hybridized carbons (Fsp3) is 0.400. The standard InChI is InChI=1S/C40H44N2O8/c1-45-26-10-8-25(9-11-26)41-17-19-42(20-18-41)39(44)36-29-23-33(43)40(15-13-27(46-2)14-16-40)37-35(28(29)22-32(49-5)38(37)50-6)34(36)24-7-12-30(47-3)31(21-24)48-4/h7-15,21-22,29,34,36H,16-20,23H2,1-6H3. The number of nitrogens with zero attached hydrogens (tertiary/aromatic N) is 2. The maximum Gasteiger partial charge on any atom is 0.227 e. The maximum atomic E-state index is 15.0. The van der Waals surface area contributed by atoms with Crippen molar-refractivity contribution in [1.82, 2.24) is 4.90 Å². The number of Topliss-reactive ketones (excluding diaryl/α,β-unsaturated/α-hetero) is 1. The number of hydrogen-bond acceptors (Lipinski definition) is 9. The Hall–Kier alpha value is -5.12. The maximum absolute atomic E-state index is 15.0. The highest BCUT2D eigenvalue weighted by atomic mass is 16.5. The van der Waals surface area contributed by atoms with Gasteiger partial charge in [-0.2, -0.15) is 0 Å². The molecule has 4 aliphatic rings. The Morgan fingerprint density at radius 2 is 1.50 bits per heavy atom. The second-order valence-corrected chi connectivity index (χ2v) is 13.2. The summed E-state index contributed by atoms with van der Waals surface area (Å²) in [6.07, 6.45) is 6.37. The molecule has 7 rings (SSSR count). The van der Waals surface area contributed by atoms with Crippen LogP contribution in [0.4, 0.5) is 5.69 Å². The van der Waals surface area contributed by atoms with Crippen molar-refractivity contribution in [2.45, 2.75) is 30.1 Å². The first-order valence-electron chi connectivity index (χ1n) is 17.0. The van der Waals surface area contributed by atoms with Crippen LogP contribution in [0.3, 0.4) is 0 Å². The first-order chi connectivity index (χ1) is 24.3. The summed E-state index contributed by atoms with van der Waals surface area (Å²) in [7, 11) is 9.72. The zero-order valence-corrected chi connectivity index (χ0v) is 29.5. The van der Waals surface area contributed by atoms with Gasteiger partial charge in [0.1, 0.15) is 17.3 Å². The Morgan fingerprint density at radius 3 is 2.10 bits per heavy atom. The van der Waals surface area contributed by atoms with Crippen LogP contribution < -0.4 is 28.6 Å². The SMILES string of the molecule is COC1=CCC2(C=C1)C(=O)CC1c3cc(OC)c(OC)c2c3C(c2ccc(OC)c(OC)c2)C1C(=O)N1CCN(c2ccc(OC)cc2)CC1. The van der Waals surface area contributed by atoms with E-state index in [-0.39, 0.29) is 29.9 Å². The fourth-order valence-electron chi connectivity index (χ4n) is 8.57. The van der Waals surface area contributed by atoms with Crippen LogP contribution in [0.1, 0.15) is 46.9 Å². The van der Waals surface area contributed by atoms with Gasteiger partial charge in [-0.15, -0.1) is 0 Å². The Labute approximate surface area is 293 Å². The Bertz CT molecular complexity index is 1860. The van der Waals surface area contributed by atoms with E-state index in [4.69, 9.17) is 28.4 Å². The van der Waals surface area contributed by atoms with Gasteiger partial charge in [-0.1, -0.05) is 12.1 Å². The van der Waals surface area contributed by atoms with Crippen molar-refractivity contribution in [3.63, 3.8) is 0 Å². The third-order valence-corrected chi connectivity index (χ3v) is 11.1. The van der Waals surface area contributed by atoms with Gasteiger partial charge in [-0.05, 0) is 77.7 Å². The molecule has 1 heterocycles. The van der Waals surface area contributed by atoms with E-state index in [1.54, 1.807) is 42.7 Å². The molecule has 1 aliphatic heterocycles. The molecule has 1 amide bonds. The molecular formula is C40H44N2O8. The van der Waals surface area contributed by atoms with Gasteiger partial charge in [0.05, 0.1) is 54.0 Å². The van der Waals surface area contributed by atoms with Gasteiger partial charge in [-0.3, -0.25) is 9.59 Å². The summed E-state index contributed by atoms with van der Waals surface area (Å²) in [6, 6.07) is 15.9. The second kappa shape index (κ2) is 13.3. The van der Waals surface area contributed by atoms with Crippen LogP contribution in [-0.2, 0) is 19.7 Å². The van der Waals surface area contributed by atoms with Crippen LogP contribution >= 0.6 is 0 Å². The molecule has 3 aliphatic carbocycles. The van der Waals surface area contributed by atoms with Crippen molar-refractivity contribution in [3.8, 4) is 28.7 Å². The van der Waals surface area contributed by atoms with Crippen LogP contribution in [0.25, 0.3) is 0 Å². The molecule has 4 bridgehead atoms. The number of allylic oxidation sites excluding steroid dienone is 3. The molecule has 0 saturated carbocycles. The van der Waals surface area contributed by atoms with E-state index >= 15 is 4.79 Å². The van der Waals surface area contributed by atoms with Crippen LogP contribution in [0, 0.1) is 5.92 Å². The molecule has 4 unspecified atom stereocenters. The summed E-state index contributed by atoms with van der Waals surface area (Å²) in [5, 5.41) is 0. The van der Waals surface area contributed by atoms with Crippen molar-refractivity contribution >= 4 is 17.4 Å². The zero-order chi connectivity index (χ0) is 35.2. The van der Waals surface area contributed by atoms with Gasteiger partial charge in [-0.25, -0.2) is 0 Å². The number of ether oxygens (including phenoxy) is 6. The molecule has 262 valence electrons. The number of benzene rings is 3. The minimum Gasteiger partial charge on any atom is -0.497 e. The third-order valence-electron chi connectivity index (χ3n) is 11.1. The Morgan fingerprint density at radius 1 is 0.780 bits per heavy atom. The Balaban J connectivity index is 1.36. The van der Waals surface area contributed by atoms with Gasteiger partial charge in [0, 0.05) is 55.7 Å². The van der Waals surface area contributed by atoms with E-state index in [0.29, 0.717) is 61.4 Å². The minimum absolute atomic E-state index is 0.0359. The largest absolute Gasteiger partial charge is 0.497 e. The summed E-state index contributed by atoms with van der Waals surface area (Å²) < 4.78 is 34.3. The van der Waals surface area contributed by atoms with E-state index in [9.17, 15) is 4.79 Å². The lowest BCUT2D eigenvalue weighted by Crippen LogP contribution is -2.51. The normalized spacial score (nSPS) is 23.7. The number of carbonyl (C=O) groups excluding carboxylic acids is 2. The monoisotopic (exact) mass is 680 g/mol. The van der Waals surface area contributed by atoms with Crippen LogP contribution in [0.15, 0.2) is 72.5 Å². The molecule has 1 saturated heterocycles. The molecule has 50 heavy (non-hydrogen) atoms. The molecule has 0 radical (unpaired) electrons. The van der Waals surface area contributed by atoms with Crippen molar-refractivity contribution in [2.75, 3.05) is 73.7 Å². The molecule has 0 aromatic heterocycles. The third kappa shape index (κ3) is 5.23. The quantitative estimate of drug-likeness (QED) is 0.285. The molecule has 1 fully saturated rings. The number of carbonyl (C=O) groups is 2. The smallest absolute Gasteiger partial charge is 0.227 e. The highest BCUT2D eigenvalue weighted by Gasteiger charge is 2.57. The van der Waals surface area contributed by atoms with Crippen LogP contribution in [0.5, 0.6) is 28.7 Å². The average Bonchev–Trinajstić information content (AvgIpc) is 3.46. The lowest BCUT2D eigenvalue weighted by atomic mass is 9.65.